The summed E-state index contributed by atoms with van der Waals surface area (Å²) in [4.78, 5) is 15.8. The first-order chi connectivity index (χ1) is 27.8. The van der Waals surface area contributed by atoms with Gasteiger partial charge in [-0.25, -0.2) is 15.0 Å². The molecule has 0 bridgehead atoms. The maximum atomic E-state index is 5.36. The average Bonchev–Trinajstić information content (AvgIpc) is 3.81. The third kappa shape index (κ3) is 5.00. The van der Waals surface area contributed by atoms with Crippen molar-refractivity contribution in [2.24, 2.45) is 0 Å². The number of rotatable bonds is 6. The molecule has 3 nitrogen and oxygen atoms in total. The van der Waals surface area contributed by atoms with Crippen LogP contribution in [0.2, 0.25) is 0 Å². The van der Waals surface area contributed by atoms with Crippen molar-refractivity contribution in [2.45, 2.75) is 5.41 Å². The number of nitrogens with zero attached hydrogens (tertiary/aromatic N) is 3. The monoisotopic (exact) mass is 731 g/mol. The molecule has 1 aliphatic carbocycles. The Balaban J connectivity index is 1.14. The van der Waals surface area contributed by atoms with Gasteiger partial charge < -0.3 is 0 Å². The van der Waals surface area contributed by atoms with Crippen LogP contribution in [0.5, 0.6) is 0 Å². The van der Waals surface area contributed by atoms with E-state index in [1.807, 2.05) is 29.5 Å². The van der Waals surface area contributed by atoms with Gasteiger partial charge in [-0.2, -0.15) is 0 Å². The van der Waals surface area contributed by atoms with E-state index in [1.54, 1.807) is 0 Å². The molecule has 1 aliphatic rings. The lowest BCUT2D eigenvalue weighted by atomic mass is 9.67. The zero-order chi connectivity index (χ0) is 37.1. The molecule has 262 valence electrons. The van der Waals surface area contributed by atoms with E-state index in [2.05, 4.69) is 182 Å². The predicted molar refractivity (Wildman–Crippen MR) is 232 cm³/mol. The largest absolute Gasteiger partial charge is 0.208 e. The third-order valence-electron chi connectivity index (χ3n) is 11.2. The molecule has 0 aliphatic heterocycles. The van der Waals surface area contributed by atoms with Crippen LogP contribution in [-0.2, 0) is 5.41 Å². The van der Waals surface area contributed by atoms with Gasteiger partial charge in [0.25, 0.3) is 0 Å². The molecular formula is C52H33N3S. The van der Waals surface area contributed by atoms with Crippen molar-refractivity contribution in [3.05, 3.63) is 222 Å². The predicted octanol–water partition coefficient (Wildman–Crippen LogP) is 13.3. The molecule has 0 atom stereocenters. The first-order valence-corrected chi connectivity index (χ1v) is 19.8. The minimum Gasteiger partial charge on any atom is -0.208 e. The molecule has 0 saturated heterocycles. The van der Waals surface area contributed by atoms with E-state index in [0.717, 1.165) is 27.8 Å². The fourth-order valence-corrected chi connectivity index (χ4v) is 10.1. The zero-order valence-electron chi connectivity index (χ0n) is 30.3. The second-order valence-corrected chi connectivity index (χ2v) is 15.3. The average molecular weight is 732 g/mol. The minimum absolute atomic E-state index is 0.523. The van der Waals surface area contributed by atoms with Crippen molar-refractivity contribution in [3.8, 4) is 56.4 Å². The Morgan fingerprint density at radius 1 is 0.357 bits per heavy atom. The summed E-state index contributed by atoms with van der Waals surface area (Å²) in [6, 6.07) is 71.4. The van der Waals surface area contributed by atoms with Gasteiger partial charge in [0, 0.05) is 36.9 Å². The second kappa shape index (κ2) is 13.1. The zero-order valence-corrected chi connectivity index (χ0v) is 31.1. The molecule has 56 heavy (non-hydrogen) atoms. The summed E-state index contributed by atoms with van der Waals surface area (Å²) in [5.41, 5.74) is 11.9. The van der Waals surface area contributed by atoms with Crippen LogP contribution < -0.4 is 0 Å². The molecule has 0 saturated carbocycles. The van der Waals surface area contributed by atoms with Crippen LogP contribution in [0, 0.1) is 0 Å². The lowest BCUT2D eigenvalue weighted by Gasteiger charge is -2.33. The fourth-order valence-electron chi connectivity index (χ4n) is 8.82. The highest BCUT2D eigenvalue weighted by Gasteiger charge is 2.47. The lowest BCUT2D eigenvalue weighted by molar-refractivity contribution is 0.768. The maximum Gasteiger partial charge on any atom is 0.164 e. The molecular weight excluding hydrogens is 699 g/mol. The Labute approximate surface area is 329 Å². The molecule has 2 aromatic heterocycles. The van der Waals surface area contributed by atoms with Crippen LogP contribution in [0.25, 0.3) is 76.6 Å². The first kappa shape index (κ1) is 32.4. The SMILES string of the molecule is c1ccc(-c2nc(-c3cccc(-c4cccc5c4sc4ccccc45)c3)nc(-c3cccc4c3-c3ccccc3C4(c3ccccc3)c3ccccc3)n2)cc1. The summed E-state index contributed by atoms with van der Waals surface area (Å²) in [5.74, 6) is 1.93. The van der Waals surface area contributed by atoms with Crippen LogP contribution in [0.3, 0.4) is 0 Å². The number of benzene rings is 8. The van der Waals surface area contributed by atoms with E-state index in [0.29, 0.717) is 17.5 Å². The van der Waals surface area contributed by atoms with Crippen molar-refractivity contribution in [2.75, 3.05) is 0 Å². The highest BCUT2D eigenvalue weighted by molar-refractivity contribution is 7.26. The van der Waals surface area contributed by atoms with Crippen LogP contribution >= 0.6 is 11.3 Å². The summed E-state index contributed by atoms with van der Waals surface area (Å²) in [7, 11) is 0. The summed E-state index contributed by atoms with van der Waals surface area (Å²) in [5, 5.41) is 2.57. The van der Waals surface area contributed by atoms with Gasteiger partial charge in [-0.1, -0.05) is 188 Å². The molecule has 0 fully saturated rings. The van der Waals surface area contributed by atoms with E-state index in [1.165, 1.54) is 53.6 Å². The third-order valence-corrected chi connectivity index (χ3v) is 12.4. The Morgan fingerprint density at radius 3 is 1.66 bits per heavy atom. The summed E-state index contributed by atoms with van der Waals surface area (Å²) < 4.78 is 2.58. The highest BCUT2D eigenvalue weighted by Crippen LogP contribution is 2.58. The van der Waals surface area contributed by atoms with Gasteiger partial charge in [-0.05, 0) is 56.6 Å². The molecule has 0 amide bonds. The molecule has 0 spiro atoms. The molecule has 0 N–H and O–H groups in total. The first-order valence-electron chi connectivity index (χ1n) is 18.9. The van der Waals surface area contributed by atoms with E-state index in [9.17, 15) is 0 Å². The maximum absolute atomic E-state index is 5.36. The van der Waals surface area contributed by atoms with E-state index in [-0.39, 0.29) is 0 Å². The van der Waals surface area contributed by atoms with Gasteiger partial charge in [0.05, 0.1) is 5.41 Å². The van der Waals surface area contributed by atoms with Gasteiger partial charge in [0.15, 0.2) is 17.5 Å². The number of hydrogen-bond donors (Lipinski definition) is 0. The van der Waals surface area contributed by atoms with Crippen LogP contribution in [0.15, 0.2) is 200 Å². The standard InChI is InChI=1S/C52H33N3S/c1-4-17-34(18-5-1)49-53-50(36-20-14-19-35(33-36)39-27-15-28-41-40-25-11-13-32-46(40)56-48(39)41)55-51(54-49)43-29-16-31-45-47(43)42-26-10-12-30-44(42)52(45,37-21-6-2-7-22-37)38-23-8-3-9-24-38/h1-33H. The molecule has 10 aromatic rings. The molecule has 0 unspecified atom stereocenters. The van der Waals surface area contributed by atoms with Crippen LogP contribution in [0.4, 0.5) is 0 Å². The van der Waals surface area contributed by atoms with E-state index < -0.39 is 5.41 Å². The number of hydrogen-bond acceptors (Lipinski definition) is 4. The number of aromatic nitrogens is 3. The Hall–Kier alpha value is -7.01. The minimum atomic E-state index is -0.523. The molecule has 2 heterocycles. The summed E-state index contributed by atoms with van der Waals surface area (Å²) in [6.07, 6.45) is 0. The highest BCUT2D eigenvalue weighted by atomic mass is 32.1. The fraction of sp³-hybridized carbons (Fsp3) is 0.0192. The van der Waals surface area contributed by atoms with Gasteiger partial charge >= 0.3 is 0 Å². The summed E-state index contributed by atoms with van der Waals surface area (Å²) in [6.45, 7) is 0. The normalized spacial score (nSPS) is 12.8. The summed E-state index contributed by atoms with van der Waals surface area (Å²) >= 11 is 1.85. The molecule has 4 heteroatoms. The Bertz CT molecular complexity index is 3040. The van der Waals surface area contributed by atoms with Crippen LogP contribution in [0.1, 0.15) is 22.3 Å². The van der Waals surface area contributed by atoms with Gasteiger partial charge in [0.2, 0.25) is 0 Å². The van der Waals surface area contributed by atoms with Crippen molar-refractivity contribution in [3.63, 3.8) is 0 Å². The molecule has 11 rings (SSSR count). The lowest BCUT2D eigenvalue weighted by Crippen LogP contribution is -2.28. The Morgan fingerprint density at radius 2 is 0.875 bits per heavy atom. The van der Waals surface area contributed by atoms with E-state index >= 15 is 0 Å². The second-order valence-electron chi connectivity index (χ2n) is 14.3. The van der Waals surface area contributed by atoms with Gasteiger partial charge in [0.1, 0.15) is 0 Å². The van der Waals surface area contributed by atoms with Crippen molar-refractivity contribution >= 4 is 31.5 Å². The van der Waals surface area contributed by atoms with Crippen molar-refractivity contribution in [1.29, 1.82) is 0 Å². The topological polar surface area (TPSA) is 38.7 Å². The quantitative estimate of drug-likeness (QED) is 0.171. The van der Waals surface area contributed by atoms with Gasteiger partial charge in [-0.15, -0.1) is 11.3 Å². The molecule has 8 aromatic carbocycles. The van der Waals surface area contributed by atoms with Crippen molar-refractivity contribution < 1.29 is 0 Å². The number of fused-ring (bicyclic) bond motifs is 6. The van der Waals surface area contributed by atoms with Gasteiger partial charge in [-0.3, -0.25) is 0 Å². The van der Waals surface area contributed by atoms with Crippen molar-refractivity contribution in [1.82, 2.24) is 15.0 Å². The number of thiophene rings is 1. The van der Waals surface area contributed by atoms with Crippen LogP contribution in [-0.4, -0.2) is 15.0 Å². The smallest absolute Gasteiger partial charge is 0.164 e. The Kier molecular flexibility index (Phi) is 7.58. The molecule has 0 radical (unpaired) electrons. The van der Waals surface area contributed by atoms with E-state index in [4.69, 9.17) is 15.0 Å².